The van der Waals surface area contributed by atoms with E-state index in [1.54, 1.807) is 6.92 Å². The molecular formula is C23H31F5NO4P. The van der Waals surface area contributed by atoms with Crippen molar-refractivity contribution in [3.63, 3.8) is 0 Å². The second-order valence-corrected chi connectivity index (χ2v) is 6.73. The van der Waals surface area contributed by atoms with Crippen molar-refractivity contribution in [1.29, 1.82) is 0 Å². The molecule has 0 aromatic heterocycles. The van der Waals surface area contributed by atoms with Crippen LogP contribution in [-0.4, -0.2) is 22.6 Å². The Labute approximate surface area is 199 Å². The standard InChI is InChI=1S/C10H13NO2.C7H10.C6HF5O.H2O.H3P.H2/c1-8(11)10(12)13-7-9-5-3-2-4-6-9;1-7-5-3-2-4-6-7;7-1-2(8)4(10)6(12)5(11)3(1)9;;;/h2-6,8H,7,11H2,1H3;3,5-6H,2,4H2,1H3;12H;1H2;1H3;1H/t8-;;;;;/m0...../s1. The number of phenolic OH excluding ortho intramolecular Hbond substituents is 1. The molecule has 11 heteroatoms. The molecule has 0 spiro atoms. The number of benzene rings is 2. The quantitative estimate of drug-likeness (QED) is 0.201. The van der Waals surface area contributed by atoms with Crippen molar-refractivity contribution in [2.75, 3.05) is 0 Å². The fourth-order valence-electron chi connectivity index (χ4n) is 2.20. The summed E-state index contributed by atoms with van der Waals surface area (Å²) >= 11 is 0. The highest BCUT2D eigenvalue weighted by Crippen LogP contribution is 2.27. The zero-order valence-electron chi connectivity index (χ0n) is 18.8. The summed E-state index contributed by atoms with van der Waals surface area (Å²) in [6.45, 7) is 4.03. The SMILES string of the molecule is CC1=CCCC=C1.C[C@H](N)C(=O)OCc1ccccc1.O.Oc1c(F)c(F)c(F)c(F)c1F.P.[HH]. The van der Waals surface area contributed by atoms with E-state index in [4.69, 9.17) is 15.6 Å². The molecule has 0 bridgehead atoms. The predicted octanol–water partition coefficient (Wildman–Crippen LogP) is 4.93. The topological polar surface area (TPSA) is 104 Å². The third-order valence-electron chi connectivity index (χ3n) is 3.96. The lowest BCUT2D eigenvalue weighted by molar-refractivity contribution is -0.146. The van der Waals surface area contributed by atoms with Crippen molar-refractivity contribution < 1.29 is 43.5 Å². The van der Waals surface area contributed by atoms with E-state index in [1.165, 1.54) is 18.4 Å². The molecule has 0 saturated carbocycles. The lowest BCUT2D eigenvalue weighted by atomic mass is 10.1. The minimum absolute atomic E-state index is 0. The number of nitrogens with two attached hydrogens (primary N) is 1. The molecular weight excluding hydrogens is 480 g/mol. The van der Waals surface area contributed by atoms with Gasteiger partial charge < -0.3 is 21.1 Å². The molecule has 1 aliphatic rings. The van der Waals surface area contributed by atoms with E-state index >= 15 is 0 Å². The molecule has 0 fully saturated rings. The summed E-state index contributed by atoms with van der Waals surface area (Å²) in [5.74, 6) is -13.3. The smallest absolute Gasteiger partial charge is 0.322 e. The van der Waals surface area contributed by atoms with Gasteiger partial charge in [0.2, 0.25) is 29.1 Å². The molecule has 192 valence electrons. The van der Waals surface area contributed by atoms with Gasteiger partial charge in [-0.25, -0.2) is 13.2 Å². The molecule has 0 saturated heterocycles. The molecule has 3 rings (SSSR count). The van der Waals surface area contributed by atoms with Gasteiger partial charge in [-0.15, -0.1) is 0 Å². The fourth-order valence-corrected chi connectivity index (χ4v) is 2.20. The number of hydrogen-bond acceptors (Lipinski definition) is 4. The Bertz CT molecular complexity index is 871. The van der Waals surface area contributed by atoms with Crippen LogP contribution in [0.25, 0.3) is 0 Å². The molecule has 2 aromatic carbocycles. The van der Waals surface area contributed by atoms with E-state index in [9.17, 15) is 26.7 Å². The van der Waals surface area contributed by atoms with E-state index in [-0.39, 0.29) is 22.8 Å². The maximum absolute atomic E-state index is 12.2. The number of halogens is 5. The van der Waals surface area contributed by atoms with E-state index < -0.39 is 40.9 Å². The van der Waals surface area contributed by atoms with Gasteiger partial charge in [-0.1, -0.05) is 54.1 Å². The average Bonchev–Trinajstić information content (AvgIpc) is 2.80. The highest BCUT2D eigenvalue weighted by atomic mass is 31.0. The van der Waals surface area contributed by atoms with Gasteiger partial charge in [0, 0.05) is 1.43 Å². The molecule has 5 N–H and O–H groups in total. The third-order valence-corrected chi connectivity index (χ3v) is 3.96. The number of esters is 1. The first kappa shape index (κ1) is 33.4. The second-order valence-electron chi connectivity index (χ2n) is 6.73. The molecule has 2 aromatic rings. The summed E-state index contributed by atoms with van der Waals surface area (Å²) < 4.78 is 65.6. The second kappa shape index (κ2) is 16.7. The highest BCUT2D eigenvalue weighted by molar-refractivity contribution is 6.92. The largest absolute Gasteiger partial charge is 0.503 e. The average molecular weight is 511 g/mol. The molecule has 34 heavy (non-hydrogen) atoms. The van der Waals surface area contributed by atoms with Crippen molar-refractivity contribution in [3.8, 4) is 5.75 Å². The Morgan fingerprint density at radius 3 is 1.91 bits per heavy atom. The van der Waals surface area contributed by atoms with Gasteiger partial charge in [-0.05, 0) is 32.3 Å². The number of hydrogen-bond donors (Lipinski definition) is 2. The Balaban J connectivity index is -0.000000436. The van der Waals surface area contributed by atoms with Gasteiger partial charge in [-0.3, -0.25) is 4.79 Å². The number of allylic oxidation sites excluding steroid dienone is 4. The van der Waals surface area contributed by atoms with E-state index in [0.29, 0.717) is 6.61 Å². The lowest BCUT2D eigenvalue weighted by Crippen LogP contribution is -2.28. The summed E-state index contributed by atoms with van der Waals surface area (Å²) in [4.78, 5) is 11.0. The molecule has 2 atom stereocenters. The number of phenols is 1. The first-order valence-corrected chi connectivity index (χ1v) is 9.56. The monoisotopic (exact) mass is 511 g/mol. The fraction of sp³-hybridized carbons (Fsp3) is 0.261. The third kappa shape index (κ3) is 10.9. The van der Waals surface area contributed by atoms with Crippen molar-refractivity contribution in [3.05, 3.63) is 88.8 Å². The minimum atomic E-state index is -2.29. The Morgan fingerprint density at radius 1 is 1.03 bits per heavy atom. The van der Waals surface area contributed by atoms with Crippen molar-refractivity contribution in [1.82, 2.24) is 0 Å². The molecule has 0 radical (unpaired) electrons. The zero-order valence-corrected chi connectivity index (χ0v) is 20.2. The first-order valence-electron chi connectivity index (χ1n) is 9.56. The number of ether oxygens (including phenoxy) is 1. The lowest BCUT2D eigenvalue weighted by Gasteiger charge is -2.06. The van der Waals surface area contributed by atoms with Crippen LogP contribution < -0.4 is 5.73 Å². The summed E-state index contributed by atoms with van der Waals surface area (Å²) in [6, 6.07) is 8.95. The summed E-state index contributed by atoms with van der Waals surface area (Å²) in [6.07, 6.45) is 9.12. The van der Waals surface area contributed by atoms with Gasteiger partial charge in [0.15, 0.2) is 5.75 Å². The number of carbonyl (C=O) groups is 1. The highest BCUT2D eigenvalue weighted by Gasteiger charge is 2.24. The van der Waals surface area contributed by atoms with Crippen molar-refractivity contribution in [2.24, 2.45) is 5.73 Å². The van der Waals surface area contributed by atoms with E-state index in [2.05, 4.69) is 25.2 Å². The number of aromatic hydroxyl groups is 1. The molecule has 5 nitrogen and oxygen atoms in total. The first-order chi connectivity index (χ1) is 15.1. The van der Waals surface area contributed by atoms with Gasteiger partial charge >= 0.3 is 5.97 Å². The van der Waals surface area contributed by atoms with Crippen LogP contribution in [0, 0.1) is 29.1 Å². The number of rotatable bonds is 3. The molecule has 0 aliphatic heterocycles. The van der Waals surface area contributed by atoms with Gasteiger partial charge in [0.25, 0.3) is 0 Å². The number of carbonyl (C=O) groups excluding carboxylic acids is 1. The van der Waals surface area contributed by atoms with Crippen LogP contribution in [0.15, 0.2) is 54.1 Å². The Hall–Kier alpha value is -2.81. The zero-order chi connectivity index (χ0) is 24.3. The van der Waals surface area contributed by atoms with Crippen molar-refractivity contribution >= 4 is 15.9 Å². The van der Waals surface area contributed by atoms with Gasteiger partial charge in [0.05, 0.1) is 0 Å². The summed E-state index contributed by atoms with van der Waals surface area (Å²) in [5.41, 5.74) is 7.70. The van der Waals surface area contributed by atoms with Crippen molar-refractivity contribution in [2.45, 2.75) is 39.3 Å². The summed E-state index contributed by atoms with van der Waals surface area (Å²) in [7, 11) is 0. The van der Waals surface area contributed by atoms with Gasteiger partial charge in [0.1, 0.15) is 12.6 Å². The molecule has 1 unspecified atom stereocenters. The maximum atomic E-state index is 12.2. The minimum Gasteiger partial charge on any atom is -0.503 e. The predicted molar refractivity (Wildman–Crippen MR) is 127 cm³/mol. The van der Waals surface area contributed by atoms with Crippen LogP contribution in [0.1, 0.15) is 33.7 Å². The summed E-state index contributed by atoms with van der Waals surface area (Å²) in [5, 5.41) is 8.30. The van der Waals surface area contributed by atoms with E-state index in [1.807, 2.05) is 30.3 Å². The molecule has 0 amide bonds. The maximum Gasteiger partial charge on any atom is 0.322 e. The Kier molecular flexibility index (Phi) is 16.4. The normalized spacial score (nSPS) is 12.3. The van der Waals surface area contributed by atoms with Crippen LogP contribution in [0.3, 0.4) is 0 Å². The van der Waals surface area contributed by atoms with Gasteiger partial charge in [-0.2, -0.15) is 18.7 Å². The van der Waals surface area contributed by atoms with Crippen LogP contribution in [0.4, 0.5) is 22.0 Å². The van der Waals surface area contributed by atoms with E-state index in [0.717, 1.165) is 5.56 Å². The van der Waals surface area contributed by atoms with Crippen LogP contribution in [-0.2, 0) is 16.1 Å². The van der Waals surface area contributed by atoms with Crippen LogP contribution in [0.2, 0.25) is 0 Å². The Morgan fingerprint density at radius 2 is 1.53 bits per heavy atom. The molecule has 0 heterocycles. The molecule has 1 aliphatic carbocycles. The van der Waals surface area contributed by atoms with Crippen LogP contribution >= 0.6 is 9.90 Å². The van der Waals surface area contributed by atoms with Crippen LogP contribution in [0.5, 0.6) is 5.75 Å².